The van der Waals surface area contributed by atoms with Crippen molar-refractivity contribution in [3.8, 4) is 11.5 Å². The summed E-state index contributed by atoms with van der Waals surface area (Å²) in [4.78, 5) is 12.2. The highest BCUT2D eigenvalue weighted by atomic mass is 19.1. The minimum Gasteiger partial charge on any atom is -0.494 e. The fraction of sp³-hybridized carbons (Fsp3) is 0.235. The number of amides is 1. The number of anilines is 1. The first-order chi connectivity index (χ1) is 10.7. The zero-order valence-corrected chi connectivity index (χ0v) is 12.6. The molecule has 0 aliphatic rings. The number of ether oxygens (including phenoxy) is 2. The van der Waals surface area contributed by atoms with Crippen molar-refractivity contribution in [2.24, 2.45) is 0 Å². The Hall–Kier alpha value is -2.56. The van der Waals surface area contributed by atoms with Crippen LogP contribution in [0.2, 0.25) is 0 Å². The summed E-state index contributed by atoms with van der Waals surface area (Å²) in [5, 5.41) is 2.67. The maximum atomic E-state index is 13.7. The van der Waals surface area contributed by atoms with Gasteiger partial charge in [0.2, 0.25) is 0 Å². The first-order valence-corrected chi connectivity index (χ1v) is 7.11. The van der Waals surface area contributed by atoms with E-state index < -0.39 is 11.7 Å². The molecular formula is C17H18FNO3. The van der Waals surface area contributed by atoms with Gasteiger partial charge in [0, 0.05) is 6.07 Å². The zero-order chi connectivity index (χ0) is 15.9. The second kappa shape index (κ2) is 7.45. The molecule has 116 valence electrons. The molecule has 0 bridgehead atoms. The molecule has 0 saturated carbocycles. The molecule has 2 rings (SSSR count). The third-order valence-electron chi connectivity index (χ3n) is 2.93. The Morgan fingerprint density at radius 3 is 2.50 bits per heavy atom. The smallest absolute Gasteiger partial charge is 0.258 e. The molecule has 2 aromatic carbocycles. The Balaban J connectivity index is 2.28. The molecule has 0 unspecified atom stereocenters. The highest BCUT2D eigenvalue weighted by molar-refractivity contribution is 6.05. The van der Waals surface area contributed by atoms with Crippen molar-refractivity contribution < 1.29 is 18.7 Å². The van der Waals surface area contributed by atoms with Crippen molar-refractivity contribution in [1.82, 2.24) is 0 Å². The van der Waals surface area contributed by atoms with Crippen LogP contribution in [-0.2, 0) is 0 Å². The van der Waals surface area contributed by atoms with Crippen LogP contribution in [0.25, 0.3) is 0 Å². The van der Waals surface area contributed by atoms with Gasteiger partial charge in [0.1, 0.15) is 17.3 Å². The van der Waals surface area contributed by atoms with E-state index >= 15 is 0 Å². The van der Waals surface area contributed by atoms with Crippen LogP contribution in [0.4, 0.5) is 10.1 Å². The quantitative estimate of drug-likeness (QED) is 0.881. The number of benzene rings is 2. The Morgan fingerprint density at radius 2 is 1.82 bits per heavy atom. The third kappa shape index (κ3) is 3.75. The lowest BCUT2D eigenvalue weighted by molar-refractivity contribution is 0.102. The molecule has 0 fully saturated rings. The number of carbonyl (C=O) groups is 1. The van der Waals surface area contributed by atoms with E-state index in [1.165, 1.54) is 18.2 Å². The minimum atomic E-state index is -0.570. The SMILES string of the molecule is CCOc1ccc(OCC)c(NC(=O)c2ccccc2F)c1. The fourth-order valence-corrected chi connectivity index (χ4v) is 1.98. The molecule has 0 aliphatic carbocycles. The molecule has 0 heterocycles. The summed E-state index contributed by atoms with van der Waals surface area (Å²) in [6, 6.07) is 10.9. The second-order valence-electron chi connectivity index (χ2n) is 4.46. The van der Waals surface area contributed by atoms with Crippen LogP contribution in [0.15, 0.2) is 42.5 Å². The molecule has 1 amide bonds. The van der Waals surface area contributed by atoms with Crippen molar-refractivity contribution in [3.63, 3.8) is 0 Å². The van der Waals surface area contributed by atoms with Crippen LogP contribution in [0.5, 0.6) is 11.5 Å². The number of nitrogens with one attached hydrogen (secondary N) is 1. The van der Waals surface area contributed by atoms with E-state index in [1.54, 1.807) is 24.3 Å². The summed E-state index contributed by atoms with van der Waals surface area (Å²) in [5.74, 6) is 0.0112. The maximum absolute atomic E-state index is 13.7. The van der Waals surface area contributed by atoms with Gasteiger partial charge in [-0.05, 0) is 38.1 Å². The molecule has 5 heteroatoms. The fourth-order valence-electron chi connectivity index (χ4n) is 1.98. The number of rotatable bonds is 6. The van der Waals surface area contributed by atoms with Gasteiger partial charge in [-0.15, -0.1) is 0 Å². The van der Waals surface area contributed by atoms with E-state index in [0.717, 1.165) is 0 Å². The summed E-state index contributed by atoms with van der Waals surface area (Å²) in [6.45, 7) is 4.68. The summed E-state index contributed by atoms with van der Waals surface area (Å²) in [5.41, 5.74) is 0.424. The van der Waals surface area contributed by atoms with Gasteiger partial charge in [0.05, 0.1) is 24.5 Å². The lowest BCUT2D eigenvalue weighted by Crippen LogP contribution is -2.14. The molecule has 4 nitrogen and oxygen atoms in total. The molecule has 0 spiro atoms. The minimum absolute atomic E-state index is 0.0215. The van der Waals surface area contributed by atoms with Crippen molar-refractivity contribution in [3.05, 3.63) is 53.8 Å². The largest absolute Gasteiger partial charge is 0.494 e. The van der Waals surface area contributed by atoms with Gasteiger partial charge in [0.25, 0.3) is 5.91 Å². The Morgan fingerprint density at radius 1 is 1.09 bits per heavy atom. The van der Waals surface area contributed by atoms with Crippen LogP contribution in [0, 0.1) is 5.82 Å². The maximum Gasteiger partial charge on any atom is 0.258 e. The number of hydrogen-bond donors (Lipinski definition) is 1. The van der Waals surface area contributed by atoms with Crippen molar-refractivity contribution in [2.75, 3.05) is 18.5 Å². The highest BCUT2D eigenvalue weighted by Gasteiger charge is 2.14. The summed E-state index contributed by atoms with van der Waals surface area (Å²) < 4.78 is 24.6. The van der Waals surface area contributed by atoms with E-state index in [9.17, 15) is 9.18 Å². The summed E-state index contributed by atoms with van der Waals surface area (Å²) in [6.07, 6.45) is 0. The molecule has 0 aliphatic heterocycles. The van der Waals surface area contributed by atoms with E-state index in [0.29, 0.717) is 30.4 Å². The van der Waals surface area contributed by atoms with Gasteiger partial charge in [-0.25, -0.2) is 4.39 Å². The lowest BCUT2D eigenvalue weighted by atomic mass is 10.2. The monoisotopic (exact) mass is 303 g/mol. The molecule has 0 radical (unpaired) electrons. The number of carbonyl (C=O) groups excluding carboxylic acids is 1. The Labute approximate surface area is 128 Å². The van der Waals surface area contributed by atoms with E-state index in [2.05, 4.69) is 5.32 Å². The van der Waals surface area contributed by atoms with Gasteiger partial charge in [-0.3, -0.25) is 4.79 Å². The molecule has 0 saturated heterocycles. The normalized spacial score (nSPS) is 10.1. The van der Waals surface area contributed by atoms with Gasteiger partial charge in [-0.1, -0.05) is 12.1 Å². The van der Waals surface area contributed by atoms with Crippen LogP contribution in [0.1, 0.15) is 24.2 Å². The van der Waals surface area contributed by atoms with Gasteiger partial charge in [0.15, 0.2) is 0 Å². The van der Waals surface area contributed by atoms with Crippen LogP contribution < -0.4 is 14.8 Å². The topological polar surface area (TPSA) is 47.6 Å². The van der Waals surface area contributed by atoms with E-state index in [1.807, 2.05) is 13.8 Å². The molecule has 0 atom stereocenters. The van der Waals surface area contributed by atoms with Crippen LogP contribution in [0.3, 0.4) is 0 Å². The third-order valence-corrected chi connectivity index (χ3v) is 2.93. The average Bonchev–Trinajstić information content (AvgIpc) is 2.50. The molecular weight excluding hydrogens is 285 g/mol. The highest BCUT2D eigenvalue weighted by Crippen LogP contribution is 2.30. The van der Waals surface area contributed by atoms with Crippen molar-refractivity contribution in [2.45, 2.75) is 13.8 Å². The zero-order valence-electron chi connectivity index (χ0n) is 12.6. The van der Waals surface area contributed by atoms with Gasteiger partial charge < -0.3 is 14.8 Å². The lowest BCUT2D eigenvalue weighted by Gasteiger charge is -2.13. The average molecular weight is 303 g/mol. The van der Waals surface area contributed by atoms with Crippen LogP contribution in [-0.4, -0.2) is 19.1 Å². The van der Waals surface area contributed by atoms with Crippen LogP contribution >= 0.6 is 0 Å². The summed E-state index contributed by atoms with van der Waals surface area (Å²) in [7, 11) is 0. The number of hydrogen-bond acceptors (Lipinski definition) is 3. The predicted molar refractivity (Wildman–Crippen MR) is 83.1 cm³/mol. The van der Waals surface area contributed by atoms with Gasteiger partial charge in [-0.2, -0.15) is 0 Å². The predicted octanol–water partition coefficient (Wildman–Crippen LogP) is 3.88. The Kier molecular flexibility index (Phi) is 5.36. The van der Waals surface area contributed by atoms with Crippen molar-refractivity contribution >= 4 is 11.6 Å². The van der Waals surface area contributed by atoms with E-state index in [-0.39, 0.29) is 5.56 Å². The molecule has 2 aromatic rings. The molecule has 22 heavy (non-hydrogen) atoms. The Bertz CT molecular complexity index is 658. The van der Waals surface area contributed by atoms with E-state index in [4.69, 9.17) is 9.47 Å². The summed E-state index contributed by atoms with van der Waals surface area (Å²) >= 11 is 0. The standard InChI is InChI=1S/C17H18FNO3/c1-3-21-12-9-10-16(22-4-2)15(11-12)19-17(20)13-7-5-6-8-14(13)18/h5-11H,3-4H2,1-2H3,(H,19,20). The van der Waals surface area contributed by atoms with Crippen molar-refractivity contribution in [1.29, 1.82) is 0 Å². The first kappa shape index (κ1) is 15.8. The molecule has 0 aromatic heterocycles. The molecule has 1 N–H and O–H groups in total. The second-order valence-corrected chi connectivity index (χ2v) is 4.46. The first-order valence-electron chi connectivity index (χ1n) is 7.11. The number of halogens is 1. The van der Waals surface area contributed by atoms with Gasteiger partial charge >= 0.3 is 0 Å².